The van der Waals surface area contributed by atoms with Crippen molar-refractivity contribution in [3.05, 3.63) is 58.8 Å². The van der Waals surface area contributed by atoms with Crippen molar-refractivity contribution in [3.63, 3.8) is 0 Å². The highest BCUT2D eigenvalue weighted by atomic mass is 32.2. The Morgan fingerprint density at radius 1 is 1.30 bits per heavy atom. The van der Waals surface area contributed by atoms with Gasteiger partial charge in [0.2, 0.25) is 0 Å². The number of methoxy groups -OCH3 is 1. The predicted octanol–water partition coefficient (Wildman–Crippen LogP) is 1.53. The molecule has 3 amide bonds. The Labute approximate surface area is 190 Å². The van der Waals surface area contributed by atoms with Crippen molar-refractivity contribution in [2.45, 2.75) is 30.1 Å². The van der Waals surface area contributed by atoms with Crippen LogP contribution in [0.3, 0.4) is 0 Å². The number of benzene rings is 2. The topological polar surface area (TPSA) is 144 Å². The molecule has 1 saturated heterocycles. The zero-order valence-corrected chi connectivity index (χ0v) is 18.5. The Hall–Kier alpha value is -3.25. The van der Waals surface area contributed by atoms with Gasteiger partial charge in [-0.3, -0.25) is 19.2 Å². The molecule has 0 radical (unpaired) electrons. The monoisotopic (exact) mass is 470 g/mol. The average molecular weight is 470 g/mol. The van der Waals surface area contributed by atoms with Crippen LogP contribution in [0.4, 0.5) is 4.79 Å². The highest BCUT2D eigenvalue weighted by Crippen LogP contribution is 2.39. The Balaban J connectivity index is 1.56. The van der Waals surface area contributed by atoms with Crippen LogP contribution in [0, 0.1) is 6.92 Å². The summed E-state index contributed by atoms with van der Waals surface area (Å²) < 4.78 is 34.1. The van der Waals surface area contributed by atoms with Crippen LogP contribution in [-0.4, -0.2) is 44.4 Å². The van der Waals surface area contributed by atoms with Crippen molar-refractivity contribution in [3.8, 4) is 5.75 Å². The van der Waals surface area contributed by atoms with Crippen molar-refractivity contribution in [1.82, 2.24) is 15.5 Å². The number of fused-ring (bicyclic) bond motifs is 2. The molecule has 2 aromatic carbocycles. The number of carbonyl (C=O) groups excluding carboxylic acids is 2. The third-order valence-corrected chi connectivity index (χ3v) is 6.95. The SMILES string of the molecule is COc1ccc2c(c1)C(O)N(CC1(c3cc4cc(C)c(S(=O)[O-])cc4o3)NC(=O)NC1=O)C2. The van der Waals surface area contributed by atoms with E-state index in [0.29, 0.717) is 28.8 Å². The number of ether oxygens (including phenoxy) is 1. The molecule has 11 heteroatoms. The predicted molar refractivity (Wildman–Crippen MR) is 115 cm³/mol. The highest BCUT2D eigenvalue weighted by molar-refractivity contribution is 7.79. The van der Waals surface area contributed by atoms with E-state index in [1.54, 1.807) is 36.1 Å². The van der Waals surface area contributed by atoms with E-state index in [4.69, 9.17) is 9.15 Å². The van der Waals surface area contributed by atoms with Crippen LogP contribution in [0.15, 0.2) is 45.7 Å². The summed E-state index contributed by atoms with van der Waals surface area (Å²) in [6.45, 7) is 1.91. The molecule has 2 aliphatic rings. The van der Waals surface area contributed by atoms with Gasteiger partial charge in [0.25, 0.3) is 5.91 Å². The third kappa shape index (κ3) is 3.40. The summed E-state index contributed by atoms with van der Waals surface area (Å²) in [4.78, 5) is 26.9. The van der Waals surface area contributed by atoms with E-state index in [1.807, 2.05) is 6.07 Å². The molecule has 5 rings (SSSR count). The van der Waals surface area contributed by atoms with Crippen LogP contribution in [0.2, 0.25) is 0 Å². The molecule has 3 heterocycles. The summed E-state index contributed by atoms with van der Waals surface area (Å²) in [7, 11) is 1.53. The van der Waals surface area contributed by atoms with Gasteiger partial charge in [-0.05, 0) is 59.5 Å². The first-order valence-electron chi connectivity index (χ1n) is 10.1. The molecule has 0 saturated carbocycles. The number of hydrogen-bond acceptors (Lipinski definition) is 8. The van der Waals surface area contributed by atoms with Gasteiger partial charge >= 0.3 is 6.03 Å². The summed E-state index contributed by atoms with van der Waals surface area (Å²) in [6.07, 6.45) is -1.03. The molecule has 0 bridgehead atoms. The van der Waals surface area contributed by atoms with Gasteiger partial charge in [0, 0.05) is 28.9 Å². The standard InChI is InChI=1S/C22H21N3O7S/c1-11-5-13-6-18(32-16(13)8-17(11)33(29)30)22(20(27)23-21(28)24-22)10-25-9-12-3-4-14(31-2)7-15(12)19(25)26/h3-8,19,26H,9-10H2,1-2H3,(H,29,30)(H2,23,24,27,28)/p-1. The number of aryl methyl sites for hydroxylation is 1. The lowest BCUT2D eigenvalue weighted by molar-refractivity contribution is -0.127. The molecular weight excluding hydrogens is 450 g/mol. The van der Waals surface area contributed by atoms with Crippen molar-refractivity contribution in [2.75, 3.05) is 13.7 Å². The number of amides is 3. The second kappa shape index (κ2) is 7.66. The molecule has 1 aromatic heterocycles. The second-order valence-corrected chi connectivity index (χ2v) is 9.07. The zero-order valence-electron chi connectivity index (χ0n) is 17.7. The molecule has 3 aromatic rings. The van der Waals surface area contributed by atoms with Gasteiger partial charge in [-0.2, -0.15) is 0 Å². The molecule has 10 nitrogen and oxygen atoms in total. The largest absolute Gasteiger partial charge is 0.768 e. The maximum Gasteiger partial charge on any atom is 0.322 e. The summed E-state index contributed by atoms with van der Waals surface area (Å²) >= 11 is -2.46. The number of aliphatic hydroxyl groups is 1. The number of nitrogens with zero attached hydrogens (tertiary/aromatic N) is 1. The first kappa shape index (κ1) is 21.6. The fourth-order valence-electron chi connectivity index (χ4n) is 4.46. The molecule has 33 heavy (non-hydrogen) atoms. The van der Waals surface area contributed by atoms with Gasteiger partial charge in [-0.15, -0.1) is 0 Å². The van der Waals surface area contributed by atoms with Crippen LogP contribution in [0.25, 0.3) is 11.0 Å². The van der Waals surface area contributed by atoms with Crippen molar-refractivity contribution >= 4 is 34.0 Å². The smallest absolute Gasteiger partial charge is 0.322 e. The normalized spacial score (nSPS) is 23.5. The summed E-state index contributed by atoms with van der Waals surface area (Å²) in [6, 6.07) is 9.29. The van der Waals surface area contributed by atoms with Crippen molar-refractivity contribution in [1.29, 1.82) is 0 Å². The van der Waals surface area contributed by atoms with Crippen LogP contribution in [0.5, 0.6) is 5.75 Å². The van der Waals surface area contributed by atoms with E-state index in [9.17, 15) is 23.5 Å². The number of imide groups is 1. The minimum atomic E-state index is -2.46. The number of furan rings is 1. The summed E-state index contributed by atoms with van der Waals surface area (Å²) in [5.74, 6) is 0.0990. The van der Waals surface area contributed by atoms with E-state index in [0.717, 1.165) is 5.56 Å². The van der Waals surface area contributed by atoms with Crippen LogP contribution < -0.4 is 15.4 Å². The summed E-state index contributed by atoms with van der Waals surface area (Å²) in [5, 5.41) is 16.4. The first-order valence-corrected chi connectivity index (χ1v) is 11.2. The Kier molecular flexibility index (Phi) is 5.01. The Morgan fingerprint density at radius 2 is 2.09 bits per heavy atom. The quantitative estimate of drug-likeness (QED) is 0.376. The van der Waals surface area contributed by atoms with E-state index >= 15 is 0 Å². The molecule has 2 aliphatic heterocycles. The number of hydrogen-bond donors (Lipinski definition) is 3. The molecule has 0 spiro atoms. The molecule has 172 valence electrons. The lowest BCUT2D eigenvalue weighted by atomic mass is 9.95. The maximum absolute atomic E-state index is 13.0. The fourth-order valence-corrected chi connectivity index (χ4v) is 4.98. The lowest BCUT2D eigenvalue weighted by Gasteiger charge is -2.30. The molecule has 3 atom stereocenters. The van der Waals surface area contributed by atoms with Gasteiger partial charge in [0.15, 0.2) is 5.54 Å². The number of urea groups is 1. The fraction of sp³-hybridized carbons (Fsp3) is 0.273. The zero-order chi connectivity index (χ0) is 23.5. The van der Waals surface area contributed by atoms with E-state index < -0.39 is 34.8 Å². The number of rotatable bonds is 5. The Bertz CT molecular complexity index is 1340. The van der Waals surface area contributed by atoms with Gasteiger partial charge in [-0.25, -0.2) is 4.79 Å². The molecule has 1 fully saturated rings. The lowest BCUT2D eigenvalue weighted by Crippen LogP contribution is -2.52. The maximum atomic E-state index is 13.0. The van der Waals surface area contributed by atoms with E-state index in [1.165, 1.54) is 13.2 Å². The Morgan fingerprint density at radius 3 is 2.76 bits per heavy atom. The van der Waals surface area contributed by atoms with Crippen LogP contribution >= 0.6 is 0 Å². The number of nitrogens with one attached hydrogen (secondary N) is 2. The minimum Gasteiger partial charge on any atom is -0.768 e. The van der Waals surface area contributed by atoms with Gasteiger partial charge in [0.1, 0.15) is 23.3 Å². The number of aliphatic hydroxyl groups excluding tert-OH is 1. The highest BCUT2D eigenvalue weighted by Gasteiger charge is 2.53. The third-order valence-electron chi connectivity index (χ3n) is 6.15. The molecular formula is C22H20N3O7S-. The van der Waals surface area contributed by atoms with Crippen LogP contribution in [-0.2, 0) is 28.0 Å². The molecule has 3 unspecified atom stereocenters. The molecule has 3 N–H and O–H groups in total. The first-order chi connectivity index (χ1) is 15.7. The average Bonchev–Trinajstić information content (AvgIpc) is 3.41. The van der Waals surface area contributed by atoms with Gasteiger partial charge < -0.3 is 24.1 Å². The van der Waals surface area contributed by atoms with Gasteiger partial charge in [0.05, 0.1) is 7.11 Å². The van der Waals surface area contributed by atoms with Crippen molar-refractivity contribution in [2.24, 2.45) is 0 Å². The van der Waals surface area contributed by atoms with Gasteiger partial charge in [-0.1, -0.05) is 6.07 Å². The minimum absolute atomic E-state index is 0.0803. The van der Waals surface area contributed by atoms with Crippen LogP contribution in [0.1, 0.15) is 28.7 Å². The van der Waals surface area contributed by atoms with Crippen molar-refractivity contribution < 1.29 is 32.6 Å². The second-order valence-electron chi connectivity index (χ2n) is 8.16. The number of carbonyl (C=O) groups is 2. The van der Waals surface area contributed by atoms with E-state index in [2.05, 4.69) is 10.6 Å². The molecule has 0 aliphatic carbocycles. The van der Waals surface area contributed by atoms with E-state index in [-0.39, 0.29) is 22.8 Å². The summed E-state index contributed by atoms with van der Waals surface area (Å²) in [5.41, 5.74) is 0.686.